The van der Waals surface area contributed by atoms with E-state index in [2.05, 4.69) is 15.2 Å². The highest BCUT2D eigenvalue weighted by Gasteiger charge is 2.30. The second-order valence-corrected chi connectivity index (χ2v) is 4.73. The number of nitrogens with two attached hydrogens (primary N) is 1. The summed E-state index contributed by atoms with van der Waals surface area (Å²) >= 11 is 0. The van der Waals surface area contributed by atoms with Gasteiger partial charge in [0, 0.05) is 6.42 Å². The Balaban J connectivity index is 2.05. The molecule has 4 heteroatoms. The van der Waals surface area contributed by atoms with E-state index >= 15 is 0 Å². The Kier molecular flexibility index (Phi) is 3.36. The minimum absolute atomic E-state index is 0.274. The highest BCUT2D eigenvalue weighted by molar-refractivity contribution is 4.93. The average Bonchev–Trinajstić information content (AvgIpc) is 2.64. The third-order valence-corrected chi connectivity index (χ3v) is 3.60. The van der Waals surface area contributed by atoms with E-state index < -0.39 is 0 Å². The summed E-state index contributed by atoms with van der Waals surface area (Å²) in [5.74, 6) is 0.988. The van der Waals surface area contributed by atoms with Crippen molar-refractivity contribution in [3.8, 4) is 0 Å². The molecule has 4 nitrogen and oxygen atoms in total. The van der Waals surface area contributed by atoms with Crippen molar-refractivity contribution in [2.75, 3.05) is 6.54 Å². The van der Waals surface area contributed by atoms with Crippen LogP contribution in [0.2, 0.25) is 0 Å². The molecule has 0 atom stereocenters. The number of nitrogens with one attached hydrogen (secondary N) is 1. The van der Waals surface area contributed by atoms with Gasteiger partial charge in [-0.05, 0) is 24.8 Å². The van der Waals surface area contributed by atoms with Crippen LogP contribution in [0.3, 0.4) is 0 Å². The van der Waals surface area contributed by atoms with E-state index in [-0.39, 0.29) is 5.41 Å². The topological polar surface area (TPSA) is 67.6 Å². The van der Waals surface area contributed by atoms with Crippen molar-refractivity contribution in [3.63, 3.8) is 0 Å². The standard InChI is InChI=1S/C11H20N4/c12-8-11(5-3-1-2-4-6-11)7-10-13-9-14-15-10/h9H,1-8,12H2,(H,13,14,15). The van der Waals surface area contributed by atoms with E-state index in [9.17, 15) is 0 Å². The van der Waals surface area contributed by atoms with Crippen molar-refractivity contribution >= 4 is 0 Å². The quantitative estimate of drug-likeness (QED) is 0.742. The summed E-state index contributed by atoms with van der Waals surface area (Å²) in [6.45, 7) is 0.772. The summed E-state index contributed by atoms with van der Waals surface area (Å²) in [5, 5.41) is 6.85. The summed E-state index contributed by atoms with van der Waals surface area (Å²) in [5.41, 5.74) is 6.24. The van der Waals surface area contributed by atoms with Gasteiger partial charge in [0.15, 0.2) is 0 Å². The molecule has 0 aromatic carbocycles. The third-order valence-electron chi connectivity index (χ3n) is 3.60. The van der Waals surface area contributed by atoms with Gasteiger partial charge >= 0.3 is 0 Å². The Morgan fingerprint density at radius 2 is 2.00 bits per heavy atom. The molecular weight excluding hydrogens is 188 g/mol. The van der Waals surface area contributed by atoms with Gasteiger partial charge in [0.25, 0.3) is 0 Å². The van der Waals surface area contributed by atoms with Crippen molar-refractivity contribution in [1.29, 1.82) is 0 Å². The smallest absolute Gasteiger partial charge is 0.137 e. The molecule has 84 valence electrons. The van der Waals surface area contributed by atoms with E-state index in [0.717, 1.165) is 18.8 Å². The molecule has 1 aliphatic carbocycles. The number of aromatic amines is 1. The van der Waals surface area contributed by atoms with Crippen molar-refractivity contribution in [1.82, 2.24) is 15.2 Å². The number of rotatable bonds is 3. The second-order valence-electron chi connectivity index (χ2n) is 4.73. The van der Waals surface area contributed by atoms with Crippen LogP contribution in [0, 0.1) is 5.41 Å². The first kappa shape index (κ1) is 10.6. The Bertz CT molecular complexity index is 273. The molecule has 3 N–H and O–H groups in total. The molecule has 1 aromatic heterocycles. The van der Waals surface area contributed by atoms with E-state index in [1.54, 1.807) is 6.33 Å². The molecule has 2 rings (SSSR count). The number of nitrogens with zero attached hydrogens (tertiary/aromatic N) is 2. The zero-order chi connectivity index (χ0) is 10.6. The molecule has 15 heavy (non-hydrogen) atoms. The van der Waals surface area contributed by atoms with E-state index in [4.69, 9.17) is 5.73 Å². The number of hydrogen-bond acceptors (Lipinski definition) is 3. The van der Waals surface area contributed by atoms with Crippen molar-refractivity contribution in [3.05, 3.63) is 12.2 Å². The Morgan fingerprint density at radius 3 is 2.53 bits per heavy atom. The zero-order valence-corrected chi connectivity index (χ0v) is 9.21. The van der Waals surface area contributed by atoms with Gasteiger partial charge in [-0.1, -0.05) is 25.7 Å². The number of aromatic nitrogens is 3. The molecule has 0 radical (unpaired) electrons. The molecule has 1 aliphatic rings. The minimum atomic E-state index is 0.274. The van der Waals surface area contributed by atoms with Crippen LogP contribution in [0.25, 0.3) is 0 Å². The van der Waals surface area contributed by atoms with Gasteiger partial charge < -0.3 is 5.73 Å². The van der Waals surface area contributed by atoms with Crippen molar-refractivity contribution < 1.29 is 0 Å². The molecule has 0 unspecified atom stereocenters. The van der Waals surface area contributed by atoms with E-state index in [0.29, 0.717) is 0 Å². The lowest BCUT2D eigenvalue weighted by molar-refractivity contribution is 0.247. The predicted octanol–water partition coefficient (Wildman–Crippen LogP) is 1.65. The first-order valence-electron chi connectivity index (χ1n) is 5.89. The summed E-state index contributed by atoms with van der Waals surface area (Å²) in [6, 6.07) is 0. The van der Waals surface area contributed by atoms with Crippen LogP contribution in [0.1, 0.15) is 44.3 Å². The maximum absolute atomic E-state index is 5.96. The summed E-state index contributed by atoms with van der Waals surface area (Å²) in [4.78, 5) is 4.21. The van der Waals surface area contributed by atoms with Crippen LogP contribution in [-0.2, 0) is 6.42 Å². The monoisotopic (exact) mass is 208 g/mol. The molecule has 1 heterocycles. The Morgan fingerprint density at radius 1 is 1.27 bits per heavy atom. The maximum Gasteiger partial charge on any atom is 0.137 e. The van der Waals surface area contributed by atoms with E-state index in [1.807, 2.05) is 0 Å². The van der Waals surface area contributed by atoms with Gasteiger partial charge in [0.1, 0.15) is 12.2 Å². The first-order valence-corrected chi connectivity index (χ1v) is 5.89. The lowest BCUT2D eigenvalue weighted by Crippen LogP contribution is -2.32. The molecule has 1 saturated carbocycles. The van der Waals surface area contributed by atoms with Gasteiger partial charge in [-0.25, -0.2) is 4.98 Å². The molecule has 1 fully saturated rings. The van der Waals surface area contributed by atoms with Gasteiger partial charge in [-0.2, -0.15) is 5.10 Å². The molecule has 0 amide bonds. The lowest BCUT2D eigenvalue weighted by Gasteiger charge is -2.30. The summed E-state index contributed by atoms with van der Waals surface area (Å²) < 4.78 is 0. The average molecular weight is 208 g/mol. The molecule has 0 spiro atoms. The van der Waals surface area contributed by atoms with Gasteiger partial charge in [0.05, 0.1) is 0 Å². The summed E-state index contributed by atoms with van der Waals surface area (Å²) in [6.07, 6.45) is 10.4. The van der Waals surface area contributed by atoms with Crippen LogP contribution >= 0.6 is 0 Å². The SMILES string of the molecule is NCC1(Cc2ncn[nH]2)CCCCCC1. The zero-order valence-electron chi connectivity index (χ0n) is 9.21. The lowest BCUT2D eigenvalue weighted by atomic mass is 9.77. The summed E-state index contributed by atoms with van der Waals surface area (Å²) in [7, 11) is 0. The Hall–Kier alpha value is -0.900. The number of hydrogen-bond donors (Lipinski definition) is 2. The van der Waals surface area contributed by atoms with E-state index in [1.165, 1.54) is 38.5 Å². The van der Waals surface area contributed by atoms with Crippen LogP contribution in [0.5, 0.6) is 0 Å². The van der Waals surface area contributed by atoms with Crippen molar-refractivity contribution in [2.45, 2.75) is 44.9 Å². The van der Waals surface area contributed by atoms with Gasteiger partial charge in [0.2, 0.25) is 0 Å². The number of H-pyrrole nitrogens is 1. The van der Waals surface area contributed by atoms with Crippen LogP contribution in [-0.4, -0.2) is 21.7 Å². The molecule has 0 bridgehead atoms. The Labute approximate surface area is 90.7 Å². The third kappa shape index (κ3) is 2.56. The normalized spacial score (nSPS) is 21.1. The fourth-order valence-electron chi connectivity index (χ4n) is 2.60. The predicted molar refractivity (Wildman–Crippen MR) is 59.3 cm³/mol. The second kappa shape index (κ2) is 4.75. The van der Waals surface area contributed by atoms with Crippen molar-refractivity contribution in [2.24, 2.45) is 11.1 Å². The van der Waals surface area contributed by atoms with Crippen LogP contribution in [0.15, 0.2) is 6.33 Å². The minimum Gasteiger partial charge on any atom is -0.330 e. The molecule has 0 aliphatic heterocycles. The highest BCUT2D eigenvalue weighted by atomic mass is 15.2. The fourth-order valence-corrected chi connectivity index (χ4v) is 2.60. The van der Waals surface area contributed by atoms with Gasteiger partial charge in [-0.15, -0.1) is 0 Å². The fraction of sp³-hybridized carbons (Fsp3) is 0.818. The van der Waals surface area contributed by atoms with Crippen LogP contribution < -0.4 is 5.73 Å². The molecular formula is C11H20N4. The molecule has 0 saturated heterocycles. The molecule has 1 aromatic rings. The maximum atomic E-state index is 5.96. The largest absolute Gasteiger partial charge is 0.330 e. The van der Waals surface area contributed by atoms with Crippen LogP contribution in [0.4, 0.5) is 0 Å². The highest BCUT2D eigenvalue weighted by Crippen LogP contribution is 2.36. The first-order chi connectivity index (χ1) is 7.35. The van der Waals surface area contributed by atoms with Gasteiger partial charge in [-0.3, -0.25) is 5.10 Å².